The van der Waals surface area contributed by atoms with Crippen LogP contribution in [0.5, 0.6) is 0 Å². The van der Waals surface area contributed by atoms with Crippen LogP contribution in [0.4, 0.5) is 4.79 Å². The number of amides is 2. The van der Waals surface area contributed by atoms with Crippen molar-refractivity contribution in [2.75, 3.05) is 26.7 Å². The van der Waals surface area contributed by atoms with Crippen LogP contribution in [0.25, 0.3) is 6.08 Å². The van der Waals surface area contributed by atoms with Crippen LogP contribution < -0.4 is 0 Å². The van der Waals surface area contributed by atoms with Gasteiger partial charge >= 0.3 is 6.09 Å². The van der Waals surface area contributed by atoms with Crippen molar-refractivity contribution in [1.82, 2.24) is 9.80 Å². The zero-order valence-electron chi connectivity index (χ0n) is 17.2. The van der Waals surface area contributed by atoms with Gasteiger partial charge in [-0.25, -0.2) is 4.79 Å². The third-order valence-corrected chi connectivity index (χ3v) is 4.67. The molecule has 0 bridgehead atoms. The van der Waals surface area contributed by atoms with E-state index in [0.29, 0.717) is 25.6 Å². The molecule has 0 saturated carbocycles. The molecule has 1 saturated heterocycles. The number of carbonyl (C=O) groups excluding carboxylic acids is 2. The molecule has 0 aliphatic carbocycles. The highest BCUT2D eigenvalue weighted by atomic mass is 16.6. The molecular weight excluding hydrogens is 340 g/mol. The second kappa shape index (κ2) is 9.07. The lowest BCUT2D eigenvalue weighted by molar-refractivity contribution is -0.126. The largest absolute Gasteiger partial charge is 0.444 e. The Morgan fingerprint density at radius 2 is 1.78 bits per heavy atom. The summed E-state index contributed by atoms with van der Waals surface area (Å²) in [5.74, 6) is 0.454. The number of piperidine rings is 1. The van der Waals surface area contributed by atoms with Crippen molar-refractivity contribution in [1.29, 1.82) is 0 Å². The fourth-order valence-electron chi connectivity index (χ4n) is 3.26. The summed E-state index contributed by atoms with van der Waals surface area (Å²) < 4.78 is 5.43. The fraction of sp³-hybridized carbons (Fsp3) is 0.545. The maximum absolute atomic E-state index is 12.6. The first-order valence-corrected chi connectivity index (χ1v) is 9.62. The molecule has 0 atom stereocenters. The molecule has 0 unspecified atom stereocenters. The van der Waals surface area contributed by atoms with Crippen LogP contribution in [0.2, 0.25) is 0 Å². The number of carbonyl (C=O) groups is 2. The summed E-state index contributed by atoms with van der Waals surface area (Å²) in [5.41, 5.74) is 1.29. The Bertz CT molecular complexity index is 669. The summed E-state index contributed by atoms with van der Waals surface area (Å²) in [6, 6.07) is 9.87. The number of hydrogen-bond donors (Lipinski definition) is 0. The highest BCUT2D eigenvalue weighted by Crippen LogP contribution is 2.21. The monoisotopic (exact) mass is 372 g/mol. The first kappa shape index (κ1) is 21.0. The van der Waals surface area contributed by atoms with Gasteiger partial charge in [-0.3, -0.25) is 4.79 Å². The Kier molecular flexibility index (Phi) is 7.05. The van der Waals surface area contributed by atoms with Gasteiger partial charge in [-0.15, -0.1) is 0 Å². The van der Waals surface area contributed by atoms with E-state index in [0.717, 1.165) is 24.0 Å². The van der Waals surface area contributed by atoms with Crippen molar-refractivity contribution in [3.63, 3.8) is 0 Å². The first-order valence-electron chi connectivity index (χ1n) is 9.62. The first-order chi connectivity index (χ1) is 12.7. The van der Waals surface area contributed by atoms with Gasteiger partial charge in [0.25, 0.3) is 0 Å². The molecule has 2 amide bonds. The Morgan fingerprint density at radius 3 is 2.33 bits per heavy atom. The zero-order valence-corrected chi connectivity index (χ0v) is 17.2. The summed E-state index contributed by atoms with van der Waals surface area (Å²) in [6.45, 7) is 9.56. The Hall–Kier alpha value is -2.30. The SMILES string of the molecule is C/C(=C\c1ccccc1)C(=O)N(C)CC1CCN(C(=O)OC(C)(C)C)CC1. The second-order valence-corrected chi connectivity index (χ2v) is 8.33. The van der Waals surface area contributed by atoms with Gasteiger partial charge in [-0.05, 0) is 58.1 Å². The molecule has 148 valence electrons. The lowest BCUT2D eigenvalue weighted by Gasteiger charge is -2.34. The molecule has 0 N–H and O–H groups in total. The number of likely N-dealkylation sites (tertiary alicyclic amines) is 1. The van der Waals surface area contributed by atoms with E-state index in [1.807, 2.05) is 71.2 Å². The maximum atomic E-state index is 12.6. The Balaban J connectivity index is 1.83. The Morgan fingerprint density at radius 1 is 1.19 bits per heavy atom. The molecule has 1 fully saturated rings. The predicted molar refractivity (Wildman–Crippen MR) is 108 cm³/mol. The quantitative estimate of drug-likeness (QED) is 0.745. The van der Waals surface area contributed by atoms with E-state index in [1.165, 1.54) is 0 Å². The minimum atomic E-state index is -0.469. The van der Waals surface area contributed by atoms with Crippen molar-refractivity contribution in [3.8, 4) is 0 Å². The van der Waals surface area contributed by atoms with E-state index in [2.05, 4.69) is 0 Å². The lowest BCUT2D eigenvalue weighted by Crippen LogP contribution is -2.44. The molecule has 27 heavy (non-hydrogen) atoms. The van der Waals surface area contributed by atoms with Crippen LogP contribution in [0.15, 0.2) is 35.9 Å². The number of nitrogens with zero attached hydrogens (tertiary/aromatic N) is 2. The molecule has 1 aromatic carbocycles. The van der Waals surface area contributed by atoms with Crippen LogP contribution in [-0.4, -0.2) is 54.1 Å². The summed E-state index contributed by atoms with van der Waals surface area (Å²) in [5, 5.41) is 0. The topological polar surface area (TPSA) is 49.9 Å². The minimum Gasteiger partial charge on any atom is -0.444 e. The van der Waals surface area contributed by atoms with Crippen molar-refractivity contribution in [3.05, 3.63) is 41.5 Å². The van der Waals surface area contributed by atoms with E-state index < -0.39 is 5.60 Å². The van der Waals surface area contributed by atoms with Gasteiger partial charge in [-0.2, -0.15) is 0 Å². The van der Waals surface area contributed by atoms with Crippen LogP contribution in [0, 0.1) is 5.92 Å². The Labute approximate surface area is 163 Å². The van der Waals surface area contributed by atoms with E-state index in [4.69, 9.17) is 4.74 Å². The third kappa shape index (κ3) is 6.74. The van der Waals surface area contributed by atoms with Gasteiger partial charge in [-0.1, -0.05) is 30.3 Å². The van der Waals surface area contributed by atoms with E-state index in [1.54, 1.807) is 9.80 Å². The standard InChI is InChI=1S/C22H32N2O3/c1-17(15-18-9-7-6-8-10-18)20(25)23(5)16-19-11-13-24(14-12-19)21(26)27-22(2,3)4/h6-10,15,19H,11-14,16H2,1-5H3/b17-15+. The molecule has 5 heteroatoms. The van der Waals surface area contributed by atoms with E-state index >= 15 is 0 Å². The molecular formula is C22H32N2O3. The molecule has 2 rings (SSSR count). The van der Waals surface area contributed by atoms with Crippen LogP contribution in [-0.2, 0) is 9.53 Å². The van der Waals surface area contributed by atoms with Gasteiger partial charge in [0, 0.05) is 32.3 Å². The van der Waals surface area contributed by atoms with Crippen LogP contribution in [0.3, 0.4) is 0 Å². The number of likely N-dealkylation sites (N-methyl/N-ethyl adjacent to an activating group) is 1. The average Bonchev–Trinajstić information content (AvgIpc) is 2.61. The normalized spacial score (nSPS) is 16.2. The average molecular weight is 373 g/mol. The maximum Gasteiger partial charge on any atom is 0.410 e. The zero-order chi connectivity index (χ0) is 20.0. The summed E-state index contributed by atoms with van der Waals surface area (Å²) >= 11 is 0. The minimum absolute atomic E-state index is 0.0495. The molecule has 0 aromatic heterocycles. The fourth-order valence-corrected chi connectivity index (χ4v) is 3.26. The van der Waals surface area contributed by atoms with E-state index in [-0.39, 0.29) is 12.0 Å². The summed E-state index contributed by atoms with van der Waals surface area (Å²) in [4.78, 5) is 28.3. The molecule has 1 heterocycles. The smallest absolute Gasteiger partial charge is 0.410 e. The van der Waals surface area contributed by atoms with Gasteiger partial charge < -0.3 is 14.5 Å². The van der Waals surface area contributed by atoms with Crippen molar-refractivity contribution < 1.29 is 14.3 Å². The number of rotatable bonds is 4. The molecule has 0 spiro atoms. The highest BCUT2D eigenvalue weighted by Gasteiger charge is 2.28. The molecule has 1 aliphatic heterocycles. The lowest BCUT2D eigenvalue weighted by atomic mass is 9.96. The van der Waals surface area contributed by atoms with Crippen molar-refractivity contribution in [2.24, 2.45) is 5.92 Å². The second-order valence-electron chi connectivity index (χ2n) is 8.33. The molecule has 0 radical (unpaired) electrons. The van der Waals surface area contributed by atoms with Crippen LogP contribution in [0.1, 0.15) is 46.1 Å². The van der Waals surface area contributed by atoms with Crippen LogP contribution >= 0.6 is 0 Å². The predicted octanol–water partition coefficient (Wildman–Crippen LogP) is 4.20. The number of ether oxygens (including phenoxy) is 1. The summed E-state index contributed by atoms with van der Waals surface area (Å²) in [7, 11) is 1.85. The number of hydrogen-bond acceptors (Lipinski definition) is 3. The number of benzene rings is 1. The van der Waals surface area contributed by atoms with Gasteiger partial charge in [0.15, 0.2) is 0 Å². The summed E-state index contributed by atoms with van der Waals surface area (Å²) in [6.07, 6.45) is 3.45. The molecule has 5 nitrogen and oxygen atoms in total. The van der Waals surface area contributed by atoms with Crippen molar-refractivity contribution >= 4 is 18.1 Å². The van der Waals surface area contributed by atoms with Gasteiger partial charge in [0.1, 0.15) is 5.60 Å². The van der Waals surface area contributed by atoms with E-state index in [9.17, 15) is 9.59 Å². The highest BCUT2D eigenvalue weighted by molar-refractivity contribution is 5.97. The molecule has 1 aromatic rings. The third-order valence-electron chi connectivity index (χ3n) is 4.67. The van der Waals surface area contributed by atoms with Gasteiger partial charge in [0.2, 0.25) is 5.91 Å². The molecule has 1 aliphatic rings. The van der Waals surface area contributed by atoms with Crippen molar-refractivity contribution in [2.45, 2.75) is 46.1 Å². The van der Waals surface area contributed by atoms with Gasteiger partial charge in [0.05, 0.1) is 0 Å².